The van der Waals surface area contributed by atoms with Crippen molar-refractivity contribution in [3.63, 3.8) is 0 Å². The average Bonchev–Trinajstić information content (AvgIpc) is 2.93. The first-order valence-electron chi connectivity index (χ1n) is 12.8. The Bertz CT molecular complexity index is 1200. The average molecular weight is 521 g/mol. The fourth-order valence-electron chi connectivity index (χ4n) is 5.13. The molecule has 2 aliphatic heterocycles. The van der Waals surface area contributed by atoms with E-state index < -0.39 is 0 Å². The SMILES string of the molecule is Cc1cc(N2CCN(c3ccccc3)CC2)nc(NC(=S)NCC2(c3ccc(F)cc3)CCOCC2)n1. The fourth-order valence-corrected chi connectivity index (χ4v) is 5.29. The summed E-state index contributed by atoms with van der Waals surface area (Å²) in [6.45, 7) is 7.57. The van der Waals surface area contributed by atoms with E-state index in [9.17, 15) is 4.39 Å². The van der Waals surface area contributed by atoms with Gasteiger partial charge in [-0.25, -0.2) is 9.37 Å². The second-order valence-electron chi connectivity index (χ2n) is 9.71. The third-order valence-electron chi connectivity index (χ3n) is 7.28. The number of nitrogens with zero attached hydrogens (tertiary/aromatic N) is 4. The lowest BCUT2D eigenvalue weighted by Gasteiger charge is -2.38. The van der Waals surface area contributed by atoms with E-state index in [-0.39, 0.29) is 11.2 Å². The Morgan fingerprint density at radius 2 is 1.65 bits per heavy atom. The van der Waals surface area contributed by atoms with E-state index in [1.165, 1.54) is 17.8 Å². The van der Waals surface area contributed by atoms with E-state index in [0.29, 0.717) is 30.8 Å². The number of anilines is 3. The molecular formula is C28H33FN6OS. The van der Waals surface area contributed by atoms with Gasteiger partial charge in [-0.1, -0.05) is 30.3 Å². The zero-order valence-electron chi connectivity index (χ0n) is 21.1. The molecule has 0 aliphatic carbocycles. The van der Waals surface area contributed by atoms with Crippen molar-refractivity contribution >= 4 is 34.8 Å². The van der Waals surface area contributed by atoms with E-state index in [4.69, 9.17) is 21.9 Å². The number of thiocarbonyl (C=S) groups is 1. The molecule has 0 radical (unpaired) electrons. The van der Waals surface area contributed by atoms with Crippen LogP contribution in [0.5, 0.6) is 0 Å². The maximum atomic E-state index is 13.5. The van der Waals surface area contributed by atoms with E-state index in [1.807, 2.05) is 31.2 Å². The summed E-state index contributed by atoms with van der Waals surface area (Å²) in [5, 5.41) is 7.02. The molecule has 194 valence electrons. The Morgan fingerprint density at radius 1 is 0.973 bits per heavy atom. The van der Waals surface area contributed by atoms with Gasteiger partial charge in [0, 0.05) is 68.8 Å². The molecule has 5 rings (SSSR count). The first-order chi connectivity index (χ1) is 18.0. The summed E-state index contributed by atoms with van der Waals surface area (Å²) in [5.74, 6) is 1.16. The van der Waals surface area contributed by atoms with Crippen LogP contribution in [0.15, 0.2) is 60.7 Å². The third-order valence-corrected chi connectivity index (χ3v) is 7.53. The van der Waals surface area contributed by atoms with Gasteiger partial charge in [0.2, 0.25) is 5.95 Å². The molecule has 0 atom stereocenters. The van der Waals surface area contributed by atoms with Crippen LogP contribution in [-0.2, 0) is 10.2 Å². The summed E-state index contributed by atoms with van der Waals surface area (Å²) in [6.07, 6.45) is 1.68. The van der Waals surface area contributed by atoms with Gasteiger partial charge in [-0.2, -0.15) is 4.98 Å². The molecule has 9 heteroatoms. The number of nitrogens with one attached hydrogen (secondary N) is 2. The highest BCUT2D eigenvalue weighted by atomic mass is 32.1. The minimum atomic E-state index is -0.231. The van der Waals surface area contributed by atoms with Crippen LogP contribution in [0.4, 0.5) is 21.8 Å². The van der Waals surface area contributed by atoms with Crippen molar-refractivity contribution in [1.29, 1.82) is 0 Å². The molecule has 37 heavy (non-hydrogen) atoms. The first-order valence-corrected chi connectivity index (χ1v) is 13.2. The van der Waals surface area contributed by atoms with E-state index in [2.05, 4.69) is 49.7 Å². The number of ether oxygens (including phenoxy) is 1. The zero-order valence-corrected chi connectivity index (χ0v) is 21.9. The second-order valence-corrected chi connectivity index (χ2v) is 10.1. The van der Waals surface area contributed by atoms with Gasteiger partial charge in [-0.15, -0.1) is 0 Å². The molecule has 2 fully saturated rings. The monoisotopic (exact) mass is 520 g/mol. The molecule has 7 nitrogen and oxygen atoms in total. The number of para-hydroxylation sites is 1. The number of aryl methyl sites for hydroxylation is 1. The zero-order chi connectivity index (χ0) is 25.7. The number of benzene rings is 2. The summed E-state index contributed by atoms with van der Waals surface area (Å²) >= 11 is 5.62. The van der Waals surface area contributed by atoms with Crippen molar-refractivity contribution in [3.05, 3.63) is 77.7 Å². The molecule has 0 bridgehead atoms. The normalized spacial score (nSPS) is 17.4. The minimum Gasteiger partial charge on any atom is -0.381 e. The van der Waals surface area contributed by atoms with E-state index >= 15 is 0 Å². The Morgan fingerprint density at radius 3 is 2.35 bits per heavy atom. The Kier molecular flexibility index (Phi) is 7.81. The van der Waals surface area contributed by atoms with Crippen molar-refractivity contribution in [2.24, 2.45) is 0 Å². The predicted molar refractivity (Wildman–Crippen MR) is 150 cm³/mol. The van der Waals surface area contributed by atoms with Crippen molar-refractivity contribution in [2.45, 2.75) is 25.2 Å². The molecule has 1 aromatic heterocycles. The van der Waals surface area contributed by atoms with Crippen LogP contribution in [0.3, 0.4) is 0 Å². The van der Waals surface area contributed by atoms with Crippen molar-refractivity contribution < 1.29 is 9.13 Å². The Balaban J connectivity index is 1.21. The van der Waals surface area contributed by atoms with Gasteiger partial charge >= 0.3 is 0 Å². The van der Waals surface area contributed by atoms with Crippen LogP contribution in [0.2, 0.25) is 0 Å². The third kappa shape index (κ3) is 6.17. The van der Waals surface area contributed by atoms with Crippen LogP contribution in [0, 0.1) is 12.7 Å². The molecule has 2 aliphatic rings. The number of piperazine rings is 1. The number of rotatable bonds is 6. The van der Waals surface area contributed by atoms with Gasteiger partial charge in [0.15, 0.2) is 5.11 Å². The summed E-state index contributed by atoms with van der Waals surface area (Å²) in [4.78, 5) is 14.0. The molecular weight excluding hydrogens is 487 g/mol. The summed E-state index contributed by atoms with van der Waals surface area (Å²) in [7, 11) is 0. The lowest BCUT2D eigenvalue weighted by molar-refractivity contribution is 0.0515. The summed E-state index contributed by atoms with van der Waals surface area (Å²) < 4.78 is 19.2. The largest absolute Gasteiger partial charge is 0.381 e. The highest BCUT2D eigenvalue weighted by Gasteiger charge is 2.34. The maximum absolute atomic E-state index is 13.5. The smallest absolute Gasteiger partial charge is 0.231 e. The number of aromatic nitrogens is 2. The minimum absolute atomic E-state index is 0.172. The van der Waals surface area contributed by atoms with Gasteiger partial charge in [-0.3, -0.25) is 0 Å². The Labute approximate surface area is 223 Å². The van der Waals surface area contributed by atoms with Crippen LogP contribution in [0.1, 0.15) is 24.1 Å². The molecule has 3 heterocycles. The van der Waals surface area contributed by atoms with Crippen LogP contribution in [-0.4, -0.2) is 61.0 Å². The topological polar surface area (TPSA) is 65.5 Å². The number of hydrogen-bond donors (Lipinski definition) is 2. The highest BCUT2D eigenvalue weighted by molar-refractivity contribution is 7.80. The molecule has 2 N–H and O–H groups in total. The summed E-state index contributed by atoms with van der Waals surface area (Å²) in [5.41, 5.74) is 3.06. The van der Waals surface area contributed by atoms with Crippen LogP contribution < -0.4 is 20.4 Å². The van der Waals surface area contributed by atoms with Gasteiger partial charge < -0.3 is 25.2 Å². The lowest BCUT2D eigenvalue weighted by Crippen LogP contribution is -2.47. The van der Waals surface area contributed by atoms with E-state index in [1.54, 1.807) is 0 Å². The van der Waals surface area contributed by atoms with Crippen LogP contribution in [0.25, 0.3) is 0 Å². The van der Waals surface area contributed by atoms with E-state index in [0.717, 1.165) is 56.1 Å². The van der Waals surface area contributed by atoms with Gasteiger partial charge in [0.05, 0.1) is 0 Å². The standard InChI is InChI=1S/C28H33FN6OS/c1-21-19-25(35-15-13-34(14-16-35)24-5-3-2-4-6-24)32-26(31-21)33-27(37)30-20-28(11-17-36-18-12-28)22-7-9-23(29)10-8-22/h2-10,19H,11-18,20H2,1H3,(H2,30,31,32,33,37). The molecule has 0 spiro atoms. The lowest BCUT2D eigenvalue weighted by atomic mass is 9.74. The van der Waals surface area contributed by atoms with Gasteiger partial charge in [0.25, 0.3) is 0 Å². The van der Waals surface area contributed by atoms with Crippen molar-refractivity contribution in [3.8, 4) is 0 Å². The number of hydrogen-bond acceptors (Lipinski definition) is 6. The molecule has 0 saturated carbocycles. The molecule has 3 aromatic rings. The highest BCUT2D eigenvalue weighted by Crippen LogP contribution is 2.34. The fraction of sp³-hybridized carbons (Fsp3) is 0.393. The maximum Gasteiger partial charge on any atom is 0.231 e. The van der Waals surface area contributed by atoms with Gasteiger partial charge in [0.1, 0.15) is 11.6 Å². The van der Waals surface area contributed by atoms with Crippen molar-refractivity contribution in [2.75, 3.05) is 61.1 Å². The van der Waals surface area contributed by atoms with Crippen LogP contribution >= 0.6 is 12.2 Å². The second kappa shape index (κ2) is 11.4. The van der Waals surface area contributed by atoms with Gasteiger partial charge in [-0.05, 0) is 61.8 Å². The molecule has 2 saturated heterocycles. The Hall–Kier alpha value is -3.30. The molecule has 0 unspecified atom stereocenters. The first kappa shape index (κ1) is 25.4. The molecule has 0 amide bonds. The number of halogens is 1. The quantitative estimate of drug-likeness (QED) is 0.467. The van der Waals surface area contributed by atoms with Crippen molar-refractivity contribution in [1.82, 2.24) is 15.3 Å². The molecule has 2 aromatic carbocycles. The predicted octanol–water partition coefficient (Wildman–Crippen LogP) is 4.29. The summed E-state index contributed by atoms with van der Waals surface area (Å²) in [6, 6.07) is 19.3.